The average molecular weight is 266 g/mol. The third-order valence-electron chi connectivity index (χ3n) is 3.04. The molecule has 5 heteroatoms. The van der Waals surface area contributed by atoms with Crippen molar-refractivity contribution < 1.29 is 4.79 Å². The third-order valence-corrected chi connectivity index (χ3v) is 3.04. The van der Waals surface area contributed by atoms with Crippen LogP contribution >= 0.6 is 0 Å². The van der Waals surface area contributed by atoms with Gasteiger partial charge in [0.25, 0.3) is 0 Å². The number of aromatic nitrogens is 2. The van der Waals surface area contributed by atoms with Gasteiger partial charge in [-0.2, -0.15) is 5.10 Å². The van der Waals surface area contributed by atoms with Crippen molar-refractivity contribution in [3.63, 3.8) is 0 Å². The summed E-state index contributed by atoms with van der Waals surface area (Å²) in [7, 11) is 1.90. The summed E-state index contributed by atoms with van der Waals surface area (Å²) in [6.45, 7) is 7.74. The Hall–Kier alpha value is -1.36. The predicted molar refractivity (Wildman–Crippen MR) is 76.8 cm³/mol. The van der Waals surface area contributed by atoms with Gasteiger partial charge < -0.3 is 10.6 Å². The fourth-order valence-electron chi connectivity index (χ4n) is 1.76. The molecule has 0 aliphatic heterocycles. The number of nitrogens with one attached hydrogen (secondary N) is 2. The fraction of sp³-hybridized carbons (Fsp3) is 0.714. The van der Waals surface area contributed by atoms with E-state index in [2.05, 4.69) is 29.6 Å². The van der Waals surface area contributed by atoms with Gasteiger partial charge >= 0.3 is 0 Å². The highest BCUT2D eigenvalue weighted by Crippen LogP contribution is 1.98. The van der Waals surface area contributed by atoms with Crippen molar-refractivity contribution >= 4 is 5.91 Å². The monoisotopic (exact) mass is 266 g/mol. The summed E-state index contributed by atoms with van der Waals surface area (Å²) in [6.07, 6.45) is 5.76. The van der Waals surface area contributed by atoms with Crippen molar-refractivity contribution in [1.82, 2.24) is 20.4 Å². The molecule has 1 rings (SSSR count). The van der Waals surface area contributed by atoms with E-state index in [9.17, 15) is 4.79 Å². The maximum absolute atomic E-state index is 11.8. The van der Waals surface area contributed by atoms with Crippen molar-refractivity contribution in [1.29, 1.82) is 0 Å². The predicted octanol–water partition coefficient (Wildman–Crippen LogP) is 1.10. The molecule has 0 aliphatic carbocycles. The van der Waals surface area contributed by atoms with Crippen LogP contribution in [0, 0.1) is 5.92 Å². The van der Waals surface area contributed by atoms with Crippen LogP contribution in [-0.4, -0.2) is 34.8 Å². The first kappa shape index (κ1) is 15.7. The molecule has 19 heavy (non-hydrogen) atoms. The number of nitrogens with zero attached hydrogens (tertiary/aromatic N) is 2. The molecule has 0 bridgehead atoms. The van der Waals surface area contributed by atoms with E-state index in [1.165, 1.54) is 5.56 Å². The van der Waals surface area contributed by atoms with E-state index < -0.39 is 0 Å². The fourth-order valence-corrected chi connectivity index (χ4v) is 1.76. The minimum atomic E-state index is -0.149. The number of carbonyl (C=O) groups excluding carboxylic acids is 1. The average Bonchev–Trinajstić information content (AvgIpc) is 2.74. The van der Waals surface area contributed by atoms with Crippen LogP contribution < -0.4 is 10.6 Å². The van der Waals surface area contributed by atoms with E-state index >= 15 is 0 Å². The Morgan fingerprint density at radius 1 is 1.37 bits per heavy atom. The number of aryl methyl sites for hydroxylation is 1. The smallest absolute Gasteiger partial charge is 0.236 e. The van der Waals surface area contributed by atoms with E-state index in [0.717, 1.165) is 25.9 Å². The molecular weight excluding hydrogens is 240 g/mol. The van der Waals surface area contributed by atoms with Crippen LogP contribution in [0.3, 0.4) is 0 Å². The highest BCUT2D eigenvalue weighted by atomic mass is 16.2. The molecule has 1 unspecified atom stereocenters. The molecule has 0 radical (unpaired) electrons. The zero-order valence-corrected chi connectivity index (χ0v) is 12.4. The van der Waals surface area contributed by atoms with Gasteiger partial charge in [0.2, 0.25) is 5.91 Å². The molecule has 0 saturated heterocycles. The molecule has 0 fully saturated rings. The van der Waals surface area contributed by atoms with Crippen molar-refractivity contribution in [3.05, 3.63) is 18.0 Å². The Labute approximate surface area is 115 Å². The lowest BCUT2D eigenvalue weighted by molar-refractivity contribution is -0.122. The molecule has 1 amide bonds. The second-order valence-electron chi connectivity index (χ2n) is 5.42. The van der Waals surface area contributed by atoms with Gasteiger partial charge in [-0.25, -0.2) is 0 Å². The van der Waals surface area contributed by atoms with Crippen LogP contribution in [-0.2, 0) is 18.3 Å². The molecule has 0 aromatic carbocycles. The summed E-state index contributed by atoms with van der Waals surface area (Å²) < 4.78 is 1.79. The van der Waals surface area contributed by atoms with Crippen LogP contribution in [0.15, 0.2) is 12.4 Å². The van der Waals surface area contributed by atoms with E-state index in [-0.39, 0.29) is 11.9 Å². The Morgan fingerprint density at radius 2 is 2.11 bits per heavy atom. The van der Waals surface area contributed by atoms with Crippen molar-refractivity contribution in [2.45, 2.75) is 39.7 Å². The molecule has 0 spiro atoms. The lowest BCUT2D eigenvalue weighted by Crippen LogP contribution is -2.43. The van der Waals surface area contributed by atoms with Crippen LogP contribution in [0.25, 0.3) is 0 Å². The van der Waals surface area contributed by atoms with Gasteiger partial charge in [-0.05, 0) is 31.2 Å². The molecule has 1 heterocycles. The number of carbonyl (C=O) groups is 1. The molecular formula is C14H26N4O. The molecule has 1 aromatic heterocycles. The summed E-state index contributed by atoms with van der Waals surface area (Å²) in [4.78, 5) is 11.8. The largest absolute Gasteiger partial charge is 0.355 e. The van der Waals surface area contributed by atoms with Gasteiger partial charge in [0.05, 0.1) is 12.2 Å². The van der Waals surface area contributed by atoms with E-state index in [1.54, 1.807) is 4.68 Å². The maximum atomic E-state index is 11.8. The first-order valence-electron chi connectivity index (χ1n) is 6.97. The second-order valence-corrected chi connectivity index (χ2v) is 5.42. The Morgan fingerprint density at radius 3 is 2.68 bits per heavy atom. The zero-order valence-electron chi connectivity index (χ0n) is 12.4. The topological polar surface area (TPSA) is 59.0 Å². The second kappa shape index (κ2) is 7.94. The third kappa shape index (κ3) is 6.38. The highest BCUT2D eigenvalue weighted by molar-refractivity contribution is 5.81. The first-order valence-corrected chi connectivity index (χ1v) is 6.97. The van der Waals surface area contributed by atoms with Gasteiger partial charge in [0.1, 0.15) is 0 Å². The molecule has 1 atom stereocenters. The van der Waals surface area contributed by atoms with Crippen molar-refractivity contribution in [2.24, 2.45) is 13.0 Å². The lowest BCUT2D eigenvalue weighted by Gasteiger charge is -2.14. The first-order chi connectivity index (χ1) is 8.99. The lowest BCUT2D eigenvalue weighted by atomic mass is 10.1. The number of amides is 1. The minimum absolute atomic E-state index is 0.0758. The van der Waals surface area contributed by atoms with Gasteiger partial charge in [0.15, 0.2) is 0 Å². The SMILES string of the molecule is CC(C)CCNC(=O)C(C)NCCc1cnn(C)c1. The molecule has 0 aliphatic rings. The van der Waals surface area contributed by atoms with Crippen LogP contribution in [0.2, 0.25) is 0 Å². The number of hydrogen-bond acceptors (Lipinski definition) is 3. The van der Waals surface area contributed by atoms with Crippen LogP contribution in [0.1, 0.15) is 32.8 Å². The normalized spacial score (nSPS) is 12.7. The standard InChI is InChI=1S/C14H26N4O/c1-11(2)5-7-16-14(19)12(3)15-8-6-13-9-17-18(4)10-13/h9-12,15H,5-8H2,1-4H3,(H,16,19). The summed E-state index contributed by atoms with van der Waals surface area (Å²) in [5.74, 6) is 0.695. The van der Waals surface area contributed by atoms with Gasteiger partial charge in [-0.15, -0.1) is 0 Å². The molecule has 0 saturated carbocycles. The Balaban J connectivity index is 2.16. The molecule has 1 aromatic rings. The van der Waals surface area contributed by atoms with E-state index in [4.69, 9.17) is 0 Å². The molecule has 108 valence electrons. The maximum Gasteiger partial charge on any atom is 0.236 e. The molecule has 5 nitrogen and oxygen atoms in total. The Kier molecular flexibility index (Phi) is 6.56. The van der Waals surface area contributed by atoms with Crippen LogP contribution in [0.5, 0.6) is 0 Å². The number of hydrogen-bond donors (Lipinski definition) is 2. The van der Waals surface area contributed by atoms with Gasteiger partial charge in [0, 0.05) is 26.3 Å². The molecule has 2 N–H and O–H groups in total. The van der Waals surface area contributed by atoms with Crippen molar-refractivity contribution in [2.75, 3.05) is 13.1 Å². The summed E-state index contributed by atoms with van der Waals surface area (Å²) in [5, 5.41) is 10.3. The highest BCUT2D eigenvalue weighted by Gasteiger charge is 2.11. The quantitative estimate of drug-likeness (QED) is 0.741. The van der Waals surface area contributed by atoms with Crippen LogP contribution in [0.4, 0.5) is 0 Å². The van der Waals surface area contributed by atoms with E-state index in [0.29, 0.717) is 5.92 Å². The minimum Gasteiger partial charge on any atom is -0.355 e. The summed E-state index contributed by atoms with van der Waals surface area (Å²) >= 11 is 0. The van der Waals surface area contributed by atoms with E-state index in [1.807, 2.05) is 26.4 Å². The van der Waals surface area contributed by atoms with Crippen molar-refractivity contribution in [3.8, 4) is 0 Å². The summed E-state index contributed by atoms with van der Waals surface area (Å²) in [6, 6.07) is -0.149. The Bertz CT molecular complexity index is 387. The van der Waals surface area contributed by atoms with Gasteiger partial charge in [-0.1, -0.05) is 13.8 Å². The summed E-state index contributed by atoms with van der Waals surface area (Å²) in [5.41, 5.74) is 1.18. The number of rotatable bonds is 8. The van der Waals surface area contributed by atoms with Gasteiger partial charge in [-0.3, -0.25) is 9.48 Å². The zero-order chi connectivity index (χ0) is 14.3.